The fraction of sp³-hybridized carbons (Fsp3) is 0.407. The average Bonchev–Trinajstić information content (AvgIpc) is 3.01. The van der Waals surface area contributed by atoms with E-state index >= 15 is 0 Å². The largest absolute Gasteiger partial charge is 0.497 e. The van der Waals surface area contributed by atoms with Gasteiger partial charge >= 0.3 is 0 Å². The lowest BCUT2D eigenvalue weighted by Gasteiger charge is -2.27. The van der Waals surface area contributed by atoms with Crippen molar-refractivity contribution in [3.8, 4) is 5.75 Å². The van der Waals surface area contributed by atoms with Gasteiger partial charge in [-0.3, -0.25) is 30.4 Å². The molecule has 0 saturated carbocycles. The van der Waals surface area contributed by atoms with Crippen LogP contribution in [0.2, 0.25) is 5.02 Å². The molecule has 0 bridgehead atoms. The number of amides is 1. The fourth-order valence-electron chi connectivity index (χ4n) is 4.54. The van der Waals surface area contributed by atoms with Gasteiger partial charge in [0, 0.05) is 35.8 Å². The van der Waals surface area contributed by atoms with Gasteiger partial charge in [0.2, 0.25) is 5.91 Å². The summed E-state index contributed by atoms with van der Waals surface area (Å²) in [6.45, 7) is 6.41. The standard InChI is InChI=1S/C27H33ClN6O3/c1-18(29)34-24-9-8-21(36-2)16-22(24)26(19-4-6-20(28)7-5-19)32-23(27(34)30)17-25(35)31-10-3-11-33-12-14-37-15-13-33/h4-9,16,23,29-30H,3,10-15,17H2,1-2H3,(H,31,35)/t23-/m0/s1. The van der Waals surface area contributed by atoms with Crippen LogP contribution in [0.25, 0.3) is 0 Å². The summed E-state index contributed by atoms with van der Waals surface area (Å²) in [4.78, 5) is 21.7. The third-order valence-corrected chi connectivity index (χ3v) is 6.70. The molecule has 4 rings (SSSR count). The maximum absolute atomic E-state index is 12.9. The molecule has 2 heterocycles. The highest BCUT2D eigenvalue weighted by molar-refractivity contribution is 6.31. The number of carbonyl (C=O) groups excluding carboxylic acids is 1. The molecule has 10 heteroatoms. The maximum Gasteiger partial charge on any atom is 0.222 e. The number of morpholine rings is 1. The van der Waals surface area contributed by atoms with Gasteiger partial charge in [-0.2, -0.15) is 0 Å². The third-order valence-electron chi connectivity index (χ3n) is 6.45. The second-order valence-corrected chi connectivity index (χ2v) is 9.49. The van der Waals surface area contributed by atoms with E-state index in [9.17, 15) is 4.79 Å². The predicted octanol–water partition coefficient (Wildman–Crippen LogP) is 3.58. The van der Waals surface area contributed by atoms with Crippen LogP contribution >= 0.6 is 11.6 Å². The second kappa shape index (κ2) is 12.3. The predicted molar refractivity (Wildman–Crippen MR) is 147 cm³/mol. The Morgan fingerprint density at radius 3 is 2.62 bits per heavy atom. The van der Waals surface area contributed by atoms with Crippen molar-refractivity contribution >= 4 is 40.6 Å². The number of fused-ring (bicyclic) bond motifs is 1. The Morgan fingerprint density at radius 1 is 1.22 bits per heavy atom. The van der Waals surface area contributed by atoms with E-state index in [1.54, 1.807) is 32.2 Å². The van der Waals surface area contributed by atoms with E-state index in [0.29, 0.717) is 34.3 Å². The molecule has 0 unspecified atom stereocenters. The Hall–Kier alpha value is -3.27. The number of benzene rings is 2. The quantitative estimate of drug-likeness (QED) is 0.277. The van der Waals surface area contributed by atoms with Crippen LogP contribution in [0.4, 0.5) is 5.69 Å². The monoisotopic (exact) mass is 524 g/mol. The first kappa shape index (κ1) is 26.8. The lowest BCUT2D eigenvalue weighted by Crippen LogP contribution is -2.42. The molecule has 2 aliphatic rings. The molecule has 1 fully saturated rings. The Labute approximate surface area is 222 Å². The summed E-state index contributed by atoms with van der Waals surface area (Å²) in [7, 11) is 1.59. The molecule has 196 valence electrons. The minimum atomic E-state index is -0.774. The van der Waals surface area contributed by atoms with E-state index in [1.165, 1.54) is 4.90 Å². The number of carbonyl (C=O) groups is 1. The molecule has 0 radical (unpaired) electrons. The Morgan fingerprint density at radius 2 is 1.95 bits per heavy atom. The van der Waals surface area contributed by atoms with Crippen molar-refractivity contribution < 1.29 is 14.3 Å². The summed E-state index contributed by atoms with van der Waals surface area (Å²) in [5.41, 5.74) is 2.77. The number of aliphatic imine (C=N–C) groups is 1. The molecule has 1 saturated heterocycles. The molecule has 0 spiro atoms. The highest BCUT2D eigenvalue weighted by Crippen LogP contribution is 2.33. The molecule has 0 aliphatic carbocycles. The van der Waals surface area contributed by atoms with Gasteiger partial charge in [-0.1, -0.05) is 23.7 Å². The van der Waals surface area contributed by atoms with Gasteiger partial charge in [-0.15, -0.1) is 0 Å². The van der Waals surface area contributed by atoms with Crippen LogP contribution < -0.4 is 15.0 Å². The fourth-order valence-corrected chi connectivity index (χ4v) is 4.66. The first-order valence-electron chi connectivity index (χ1n) is 12.4. The van der Waals surface area contributed by atoms with E-state index < -0.39 is 6.04 Å². The number of hydrogen-bond acceptors (Lipinski definition) is 7. The first-order chi connectivity index (χ1) is 17.9. The van der Waals surface area contributed by atoms with Gasteiger partial charge in [0.25, 0.3) is 0 Å². The van der Waals surface area contributed by atoms with Crippen LogP contribution in [0, 0.1) is 10.8 Å². The minimum Gasteiger partial charge on any atom is -0.497 e. The summed E-state index contributed by atoms with van der Waals surface area (Å²) >= 11 is 6.13. The van der Waals surface area contributed by atoms with Crippen LogP contribution in [0.3, 0.4) is 0 Å². The molecule has 1 amide bonds. The molecule has 0 aromatic heterocycles. The Balaban J connectivity index is 1.59. The van der Waals surface area contributed by atoms with E-state index in [1.807, 2.05) is 24.3 Å². The second-order valence-electron chi connectivity index (χ2n) is 9.05. The van der Waals surface area contributed by atoms with Crippen molar-refractivity contribution in [2.75, 3.05) is 51.4 Å². The van der Waals surface area contributed by atoms with Crippen molar-refractivity contribution in [2.24, 2.45) is 4.99 Å². The number of benzodiazepines with no additional fused rings is 1. The van der Waals surface area contributed by atoms with Crippen LogP contribution in [-0.2, 0) is 9.53 Å². The summed E-state index contributed by atoms with van der Waals surface area (Å²) in [5, 5.41) is 21.0. The van der Waals surface area contributed by atoms with Crippen molar-refractivity contribution in [1.29, 1.82) is 10.8 Å². The Kier molecular flexibility index (Phi) is 8.91. The average molecular weight is 525 g/mol. The molecule has 2 aromatic carbocycles. The normalized spacial score (nSPS) is 18.0. The topological polar surface area (TPSA) is 114 Å². The number of methoxy groups -OCH3 is 1. The van der Waals surface area contributed by atoms with Crippen LogP contribution in [-0.4, -0.2) is 80.7 Å². The number of anilines is 1. The number of nitrogens with one attached hydrogen (secondary N) is 3. The zero-order valence-corrected chi connectivity index (χ0v) is 22.0. The van der Waals surface area contributed by atoms with Gasteiger partial charge in [0.15, 0.2) is 0 Å². The molecule has 1 atom stereocenters. The molecular weight excluding hydrogens is 492 g/mol. The van der Waals surface area contributed by atoms with Crippen LogP contribution in [0.1, 0.15) is 30.9 Å². The highest BCUT2D eigenvalue weighted by Gasteiger charge is 2.32. The van der Waals surface area contributed by atoms with E-state index in [-0.39, 0.29) is 24.0 Å². The summed E-state index contributed by atoms with van der Waals surface area (Å²) in [5.74, 6) is 0.694. The molecule has 3 N–H and O–H groups in total. The Bertz CT molecular complexity index is 1180. The molecule has 2 aromatic rings. The lowest BCUT2D eigenvalue weighted by atomic mass is 9.99. The van der Waals surface area contributed by atoms with Gasteiger partial charge in [0.05, 0.1) is 38.1 Å². The van der Waals surface area contributed by atoms with Gasteiger partial charge in [-0.05, 0) is 50.2 Å². The number of halogens is 1. The summed E-state index contributed by atoms with van der Waals surface area (Å²) < 4.78 is 10.8. The summed E-state index contributed by atoms with van der Waals surface area (Å²) in [6, 6.07) is 12.0. The molecule has 37 heavy (non-hydrogen) atoms. The van der Waals surface area contributed by atoms with E-state index in [0.717, 1.165) is 44.8 Å². The van der Waals surface area contributed by atoms with Crippen molar-refractivity contribution in [1.82, 2.24) is 10.2 Å². The van der Waals surface area contributed by atoms with Gasteiger partial charge in [0.1, 0.15) is 23.5 Å². The number of amidine groups is 2. The molecule has 9 nitrogen and oxygen atoms in total. The zero-order valence-electron chi connectivity index (χ0n) is 21.2. The van der Waals surface area contributed by atoms with E-state index in [2.05, 4.69) is 10.2 Å². The third kappa shape index (κ3) is 6.54. The number of rotatable bonds is 8. The number of nitrogens with zero attached hydrogens (tertiary/aromatic N) is 3. The smallest absolute Gasteiger partial charge is 0.222 e. The van der Waals surface area contributed by atoms with Gasteiger partial charge in [-0.25, -0.2) is 0 Å². The summed E-state index contributed by atoms with van der Waals surface area (Å²) in [6.07, 6.45) is 0.840. The lowest BCUT2D eigenvalue weighted by molar-refractivity contribution is -0.121. The van der Waals surface area contributed by atoms with Gasteiger partial charge < -0.3 is 14.8 Å². The SMILES string of the molecule is COc1ccc2c(c1)C(c1ccc(Cl)cc1)=N[C@@H](CC(=O)NCCCN1CCOCC1)C(=N)N2C(C)=N. The van der Waals surface area contributed by atoms with Crippen molar-refractivity contribution in [3.63, 3.8) is 0 Å². The van der Waals surface area contributed by atoms with Crippen molar-refractivity contribution in [3.05, 3.63) is 58.6 Å². The zero-order chi connectivity index (χ0) is 26.4. The minimum absolute atomic E-state index is 0.00236. The van der Waals surface area contributed by atoms with E-state index in [4.69, 9.17) is 36.9 Å². The number of ether oxygens (including phenoxy) is 2. The maximum atomic E-state index is 12.9. The highest BCUT2D eigenvalue weighted by atomic mass is 35.5. The first-order valence-corrected chi connectivity index (χ1v) is 12.8. The molecule has 2 aliphatic heterocycles. The van der Waals surface area contributed by atoms with Crippen LogP contribution in [0.15, 0.2) is 47.5 Å². The molecular formula is C27H33ClN6O3. The van der Waals surface area contributed by atoms with Crippen molar-refractivity contribution in [2.45, 2.75) is 25.8 Å². The number of hydrogen-bond donors (Lipinski definition) is 3. The van der Waals surface area contributed by atoms with Crippen LogP contribution in [0.5, 0.6) is 5.75 Å².